The van der Waals surface area contributed by atoms with E-state index in [2.05, 4.69) is 11.3 Å². The Morgan fingerprint density at radius 3 is 1.71 bits per heavy atom. The number of carbonyl (C=O) groups is 1. The molecule has 0 spiro atoms. The first kappa shape index (κ1) is 15.9. The van der Waals surface area contributed by atoms with Crippen LogP contribution in [0.15, 0.2) is 12.2 Å². The zero-order valence-electron chi connectivity index (χ0n) is 8.98. The SMILES string of the molecule is C=C(C)C(=O)OC.CC(O)SC(C)O. The molecule has 0 aliphatic heterocycles. The van der Waals surface area contributed by atoms with E-state index in [9.17, 15) is 4.79 Å². The van der Waals surface area contributed by atoms with E-state index in [1.54, 1.807) is 20.8 Å². The lowest BCUT2D eigenvalue weighted by Gasteiger charge is -2.04. The summed E-state index contributed by atoms with van der Waals surface area (Å²) in [5, 5.41) is 17.1. The predicted molar refractivity (Wildman–Crippen MR) is 57.8 cm³/mol. The minimum atomic E-state index is -0.458. The molecular weight excluding hydrogens is 204 g/mol. The second-order valence-corrected chi connectivity index (χ2v) is 4.24. The lowest BCUT2D eigenvalue weighted by Crippen LogP contribution is -2.00. The number of carbonyl (C=O) groups excluding carboxylic acids is 1. The highest BCUT2D eigenvalue weighted by Gasteiger charge is 1.98. The van der Waals surface area contributed by atoms with Crippen LogP contribution < -0.4 is 0 Å². The first-order chi connectivity index (χ1) is 6.31. The standard InChI is InChI=1S/C5H8O2.C4H10O2S/c1-4(2)5(6)7-3;1-3(5)7-4(2)6/h1H2,2-3H3;3-6H,1-2H3. The molecule has 2 N–H and O–H groups in total. The molecule has 5 heteroatoms. The first-order valence-corrected chi connectivity index (χ1v) is 5.01. The van der Waals surface area contributed by atoms with Crippen molar-refractivity contribution in [2.45, 2.75) is 31.6 Å². The molecule has 0 bridgehead atoms. The molecule has 0 amide bonds. The van der Waals surface area contributed by atoms with Gasteiger partial charge in [0.25, 0.3) is 0 Å². The van der Waals surface area contributed by atoms with Gasteiger partial charge in [-0.2, -0.15) is 0 Å². The molecule has 0 radical (unpaired) electrons. The molecule has 0 aromatic rings. The molecule has 0 saturated carbocycles. The Kier molecular flexibility index (Phi) is 10.3. The van der Waals surface area contributed by atoms with E-state index < -0.39 is 10.9 Å². The fourth-order valence-corrected chi connectivity index (χ4v) is 1.03. The van der Waals surface area contributed by atoms with Crippen LogP contribution in [0.25, 0.3) is 0 Å². The fourth-order valence-electron chi connectivity index (χ4n) is 0.459. The van der Waals surface area contributed by atoms with Gasteiger partial charge in [-0.1, -0.05) is 6.58 Å². The summed E-state index contributed by atoms with van der Waals surface area (Å²) in [7, 11) is 1.33. The third-order valence-electron chi connectivity index (χ3n) is 0.928. The van der Waals surface area contributed by atoms with Gasteiger partial charge >= 0.3 is 5.97 Å². The lowest BCUT2D eigenvalue weighted by molar-refractivity contribution is -0.136. The van der Waals surface area contributed by atoms with Crippen molar-refractivity contribution in [1.29, 1.82) is 0 Å². The number of thioether (sulfide) groups is 1. The Balaban J connectivity index is 0. The van der Waals surface area contributed by atoms with Gasteiger partial charge in [-0.3, -0.25) is 0 Å². The zero-order chi connectivity index (χ0) is 11.7. The highest BCUT2D eigenvalue weighted by atomic mass is 32.2. The van der Waals surface area contributed by atoms with Crippen molar-refractivity contribution in [3.8, 4) is 0 Å². The van der Waals surface area contributed by atoms with Crippen molar-refractivity contribution < 1.29 is 19.7 Å². The molecule has 84 valence electrons. The maximum Gasteiger partial charge on any atom is 0.332 e. The first-order valence-electron chi connectivity index (χ1n) is 4.06. The van der Waals surface area contributed by atoms with E-state index in [1.165, 1.54) is 7.11 Å². The Morgan fingerprint density at radius 1 is 1.36 bits per heavy atom. The van der Waals surface area contributed by atoms with Gasteiger partial charge in [-0.15, -0.1) is 11.8 Å². The van der Waals surface area contributed by atoms with Gasteiger partial charge in [0.15, 0.2) is 0 Å². The molecule has 2 atom stereocenters. The van der Waals surface area contributed by atoms with Gasteiger partial charge in [0, 0.05) is 5.57 Å². The third kappa shape index (κ3) is 14.0. The van der Waals surface area contributed by atoms with Gasteiger partial charge in [0.1, 0.15) is 0 Å². The van der Waals surface area contributed by atoms with Crippen LogP contribution in [-0.4, -0.2) is 34.2 Å². The number of hydrogen-bond acceptors (Lipinski definition) is 5. The quantitative estimate of drug-likeness (QED) is 0.426. The Hall–Kier alpha value is -0.520. The third-order valence-corrected chi connectivity index (χ3v) is 1.72. The molecule has 0 aromatic heterocycles. The highest BCUT2D eigenvalue weighted by molar-refractivity contribution is 8.00. The molecule has 14 heavy (non-hydrogen) atoms. The van der Waals surface area contributed by atoms with Gasteiger partial charge < -0.3 is 14.9 Å². The van der Waals surface area contributed by atoms with Crippen molar-refractivity contribution >= 4 is 17.7 Å². The van der Waals surface area contributed by atoms with E-state index >= 15 is 0 Å². The monoisotopic (exact) mass is 222 g/mol. The second kappa shape index (κ2) is 9.05. The molecule has 0 heterocycles. The van der Waals surface area contributed by atoms with E-state index in [0.717, 1.165) is 11.8 Å². The van der Waals surface area contributed by atoms with Gasteiger partial charge in [0.2, 0.25) is 0 Å². The van der Waals surface area contributed by atoms with E-state index in [0.29, 0.717) is 5.57 Å². The number of rotatable bonds is 3. The summed E-state index contributed by atoms with van der Waals surface area (Å²) in [6.07, 6.45) is 0. The fraction of sp³-hybridized carbons (Fsp3) is 0.667. The van der Waals surface area contributed by atoms with Crippen molar-refractivity contribution in [2.24, 2.45) is 0 Å². The molecular formula is C9H18O4S. The van der Waals surface area contributed by atoms with Crippen molar-refractivity contribution in [2.75, 3.05) is 7.11 Å². The molecule has 0 saturated heterocycles. The second-order valence-electron chi connectivity index (χ2n) is 2.61. The number of ether oxygens (including phenoxy) is 1. The van der Waals surface area contributed by atoms with Gasteiger partial charge in [0.05, 0.1) is 18.0 Å². The van der Waals surface area contributed by atoms with Crippen LogP contribution in [0, 0.1) is 0 Å². The minimum Gasteiger partial charge on any atom is -0.466 e. The molecule has 2 unspecified atom stereocenters. The summed E-state index contributed by atoms with van der Waals surface area (Å²) in [6, 6.07) is 0. The minimum absolute atomic E-state index is 0.347. The van der Waals surface area contributed by atoms with Crippen LogP contribution in [0.2, 0.25) is 0 Å². The topological polar surface area (TPSA) is 66.8 Å². The summed E-state index contributed by atoms with van der Waals surface area (Å²) in [5.41, 5.74) is -0.484. The van der Waals surface area contributed by atoms with Crippen molar-refractivity contribution in [1.82, 2.24) is 0 Å². The smallest absolute Gasteiger partial charge is 0.332 e. The Labute approximate surface area is 89.0 Å². The predicted octanol–water partition coefficient (Wildman–Crippen LogP) is 1.13. The number of aliphatic hydroxyl groups is 2. The van der Waals surface area contributed by atoms with Crippen molar-refractivity contribution in [3.05, 3.63) is 12.2 Å². The normalized spacial score (nSPS) is 13.3. The average Bonchev–Trinajstić information content (AvgIpc) is 2.01. The van der Waals surface area contributed by atoms with Gasteiger partial charge in [-0.25, -0.2) is 4.79 Å². The van der Waals surface area contributed by atoms with E-state index in [1.807, 2.05) is 0 Å². The lowest BCUT2D eigenvalue weighted by atomic mass is 10.4. The van der Waals surface area contributed by atoms with Crippen LogP contribution in [0.4, 0.5) is 0 Å². The summed E-state index contributed by atoms with van der Waals surface area (Å²) in [5.74, 6) is -0.347. The van der Waals surface area contributed by atoms with Crippen LogP contribution in [0.5, 0.6) is 0 Å². The Morgan fingerprint density at radius 2 is 1.71 bits per heavy atom. The molecule has 0 aliphatic carbocycles. The van der Waals surface area contributed by atoms with Crippen LogP contribution in [0.1, 0.15) is 20.8 Å². The molecule has 0 rings (SSSR count). The van der Waals surface area contributed by atoms with E-state index in [4.69, 9.17) is 10.2 Å². The zero-order valence-corrected chi connectivity index (χ0v) is 9.80. The summed E-state index contributed by atoms with van der Waals surface area (Å²) in [4.78, 5) is 10.2. The Bertz CT molecular complexity index is 172. The van der Waals surface area contributed by atoms with Crippen LogP contribution in [-0.2, 0) is 9.53 Å². The maximum atomic E-state index is 10.2. The number of esters is 1. The number of methoxy groups -OCH3 is 1. The van der Waals surface area contributed by atoms with Crippen LogP contribution in [0.3, 0.4) is 0 Å². The van der Waals surface area contributed by atoms with E-state index in [-0.39, 0.29) is 5.97 Å². The summed E-state index contributed by atoms with van der Waals surface area (Å²) in [6.45, 7) is 8.20. The largest absolute Gasteiger partial charge is 0.466 e. The maximum absolute atomic E-state index is 10.2. The molecule has 0 aliphatic rings. The average molecular weight is 222 g/mol. The molecule has 0 aromatic carbocycles. The summed E-state index contributed by atoms with van der Waals surface area (Å²) < 4.78 is 4.27. The molecule has 4 nitrogen and oxygen atoms in total. The molecule has 0 fully saturated rings. The summed E-state index contributed by atoms with van der Waals surface area (Å²) >= 11 is 1.12. The van der Waals surface area contributed by atoms with Crippen molar-refractivity contribution in [3.63, 3.8) is 0 Å². The number of hydrogen-bond donors (Lipinski definition) is 2. The van der Waals surface area contributed by atoms with Crippen LogP contribution >= 0.6 is 11.8 Å². The van der Waals surface area contributed by atoms with Gasteiger partial charge in [-0.05, 0) is 20.8 Å². The number of aliphatic hydroxyl groups excluding tert-OH is 2. The highest BCUT2D eigenvalue weighted by Crippen LogP contribution is 2.10.